The maximum absolute atomic E-state index is 11.7. The zero-order chi connectivity index (χ0) is 12.8. The van der Waals surface area contributed by atoms with Gasteiger partial charge in [-0.1, -0.05) is 15.9 Å². The van der Waals surface area contributed by atoms with Crippen LogP contribution in [-0.4, -0.2) is 25.7 Å². The third-order valence-corrected chi connectivity index (χ3v) is 3.34. The van der Waals surface area contributed by atoms with Crippen LogP contribution in [0, 0.1) is 6.92 Å². The molecule has 3 N–H and O–H groups in total. The summed E-state index contributed by atoms with van der Waals surface area (Å²) in [5.41, 5.74) is 7.31. The van der Waals surface area contributed by atoms with Crippen LogP contribution in [0.2, 0.25) is 0 Å². The Balaban J connectivity index is 2.58. The van der Waals surface area contributed by atoms with Crippen molar-refractivity contribution in [3.05, 3.63) is 28.2 Å². The van der Waals surface area contributed by atoms with Crippen molar-refractivity contribution in [3.8, 4) is 0 Å². The molecule has 1 rings (SSSR count). The lowest BCUT2D eigenvalue weighted by molar-refractivity contribution is -0.118. The molecule has 0 heterocycles. The number of anilines is 1. The molecule has 4 nitrogen and oxygen atoms in total. The van der Waals surface area contributed by atoms with Crippen LogP contribution < -0.4 is 11.1 Å². The minimum atomic E-state index is -0.230. The molecular formula is C12H17BrN2O2. The van der Waals surface area contributed by atoms with Gasteiger partial charge in [-0.15, -0.1) is 0 Å². The first kappa shape index (κ1) is 14.2. The molecule has 0 saturated carbocycles. The second-order valence-electron chi connectivity index (χ2n) is 3.81. The molecule has 1 aromatic carbocycles. The van der Waals surface area contributed by atoms with Gasteiger partial charge < -0.3 is 15.8 Å². The van der Waals surface area contributed by atoms with Crippen LogP contribution in [0.1, 0.15) is 12.0 Å². The number of hydrogen-bond acceptors (Lipinski definition) is 3. The number of rotatable bonds is 5. The fourth-order valence-electron chi connectivity index (χ4n) is 1.40. The van der Waals surface area contributed by atoms with Crippen LogP contribution in [0.3, 0.4) is 0 Å². The van der Waals surface area contributed by atoms with E-state index in [1.165, 1.54) is 0 Å². The number of methoxy groups -OCH3 is 1. The van der Waals surface area contributed by atoms with Crippen molar-refractivity contribution in [1.82, 2.24) is 0 Å². The Hall–Kier alpha value is -0.910. The highest BCUT2D eigenvalue weighted by Crippen LogP contribution is 2.20. The van der Waals surface area contributed by atoms with Gasteiger partial charge in [0.2, 0.25) is 5.91 Å². The molecule has 1 atom stereocenters. The summed E-state index contributed by atoms with van der Waals surface area (Å²) in [6, 6.07) is 5.66. The maximum atomic E-state index is 11.7. The van der Waals surface area contributed by atoms with Gasteiger partial charge in [0.05, 0.1) is 12.5 Å². The Labute approximate surface area is 110 Å². The number of hydrogen-bond donors (Lipinski definition) is 2. The Morgan fingerprint density at radius 1 is 1.59 bits per heavy atom. The summed E-state index contributed by atoms with van der Waals surface area (Å²) >= 11 is 3.41. The van der Waals surface area contributed by atoms with Crippen LogP contribution in [0.4, 0.5) is 5.69 Å². The molecular weight excluding hydrogens is 284 g/mol. The van der Waals surface area contributed by atoms with Gasteiger partial charge in [-0.25, -0.2) is 0 Å². The average molecular weight is 301 g/mol. The lowest BCUT2D eigenvalue weighted by Crippen LogP contribution is -2.28. The first-order valence-corrected chi connectivity index (χ1v) is 6.15. The van der Waals surface area contributed by atoms with E-state index >= 15 is 0 Å². The molecule has 1 amide bonds. The van der Waals surface area contributed by atoms with Crippen LogP contribution in [0.5, 0.6) is 0 Å². The normalized spacial score (nSPS) is 12.2. The van der Waals surface area contributed by atoms with E-state index in [-0.39, 0.29) is 18.4 Å². The summed E-state index contributed by atoms with van der Waals surface area (Å²) in [7, 11) is 1.55. The molecule has 1 aromatic rings. The third kappa shape index (κ3) is 4.46. The molecule has 0 radical (unpaired) electrons. The topological polar surface area (TPSA) is 64.3 Å². The summed E-state index contributed by atoms with van der Waals surface area (Å²) in [6.07, 6.45) is 0.0359. The number of halogens is 1. The summed E-state index contributed by atoms with van der Waals surface area (Å²) < 4.78 is 6.08. The van der Waals surface area contributed by atoms with Crippen molar-refractivity contribution < 1.29 is 9.53 Å². The van der Waals surface area contributed by atoms with Gasteiger partial charge in [0.1, 0.15) is 0 Å². The lowest BCUT2D eigenvalue weighted by atomic mass is 10.2. The molecule has 1 unspecified atom stereocenters. The van der Waals surface area contributed by atoms with Crippen molar-refractivity contribution in [1.29, 1.82) is 0 Å². The molecule has 0 aliphatic rings. The van der Waals surface area contributed by atoms with Crippen molar-refractivity contribution in [3.63, 3.8) is 0 Å². The number of ether oxygens (including phenoxy) is 1. The number of carbonyl (C=O) groups excluding carboxylic acids is 1. The van der Waals surface area contributed by atoms with Gasteiger partial charge in [0, 0.05) is 23.8 Å². The Bertz CT molecular complexity index is 392. The molecule has 0 aliphatic heterocycles. The van der Waals surface area contributed by atoms with Crippen molar-refractivity contribution in [2.45, 2.75) is 19.4 Å². The number of aryl methyl sites for hydroxylation is 1. The van der Waals surface area contributed by atoms with Gasteiger partial charge in [-0.3, -0.25) is 4.79 Å². The van der Waals surface area contributed by atoms with Crippen LogP contribution in [0.25, 0.3) is 0 Å². The fraction of sp³-hybridized carbons (Fsp3) is 0.417. The van der Waals surface area contributed by atoms with Crippen LogP contribution >= 0.6 is 15.9 Å². The molecule has 17 heavy (non-hydrogen) atoms. The van der Waals surface area contributed by atoms with Crippen LogP contribution in [0.15, 0.2) is 22.7 Å². The van der Waals surface area contributed by atoms with Gasteiger partial charge in [0.25, 0.3) is 0 Å². The maximum Gasteiger partial charge on any atom is 0.227 e. The molecule has 0 spiro atoms. The SMILES string of the molecule is COC(CN)CC(=O)Nc1ccc(Br)c(C)c1. The van der Waals surface area contributed by atoms with Crippen molar-refractivity contribution >= 4 is 27.5 Å². The van der Waals surface area contributed by atoms with Gasteiger partial charge in [-0.05, 0) is 30.7 Å². The Kier molecular flexibility index (Phi) is 5.61. The van der Waals surface area contributed by atoms with E-state index in [2.05, 4.69) is 21.2 Å². The van der Waals surface area contributed by atoms with Crippen molar-refractivity contribution in [2.75, 3.05) is 19.0 Å². The first-order valence-electron chi connectivity index (χ1n) is 5.35. The highest BCUT2D eigenvalue weighted by molar-refractivity contribution is 9.10. The zero-order valence-electron chi connectivity index (χ0n) is 10.00. The number of nitrogens with two attached hydrogens (primary N) is 1. The average Bonchev–Trinajstić information content (AvgIpc) is 2.31. The molecule has 0 fully saturated rings. The third-order valence-electron chi connectivity index (χ3n) is 2.45. The quantitative estimate of drug-likeness (QED) is 0.875. The summed E-state index contributed by atoms with van der Waals surface area (Å²) in [4.78, 5) is 11.7. The van der Waals surface area contributed by atoms with E-state index in [0.29, 0.717) is 6.54 Å². The van der Waals surface area contributed by atoms with Gasteiger partial charge in [0.15, 0.2) is 0 Å². The summed E-state index contributed by atoms with van der Waals surface area (Å²) in [6.45, 7) is 2.31. The molecule has 0 bridgehead atoms. The second-order valence-corrected chi connectivity index (χ2v) is 4.66. The van der Waals surface area contributed by atoms with E-state index in [1.807, 2.05) is 25.1 Å². The lowest BCUT2D eigenvalue weighted by Gasteiger charge is -2.13. The predicted molar refractivity (Wildman–Crippen MR) is 72.0 cm³/mol. The van der Waals surface area contributed by atoms with E-state index in [0.717, 1.165) is 15.7 Å². The monoisotopic (exact) mass is 300 g/mol. The highest BCUT2D eigenvalue weighted by Gasteiger charge is 2.11. The Morgan fingerprint density at radius 3 is 2.82 bits per heavy atom. The first-order chi connectivity index (χ1) is 8.06. The fourth-order valence-corrected chi connectivity index (χ4v) is 1.65. The smallest absolute Gasteiger partial charge is 0.227 e. The molecule has 0 saturated heterocycles. The number of carbonyl (C=O) groups is 1. The van der Waals surface area contributed by atoms with Gasteiger partial charge >= 0.3 is 0 Å². The molecule has 94 valence electrons. The molecule has 5 heteroatoms. The number of nitrogens with one attached hydrogen (secondary N) is 1. The van der Waals surface area contributed by atoms with Crippen LogP contribution in [-0.2, 0) is 9.53 Å². The molecule has 0 aromatic heterocycles. The standard InChI is InChI=1S/C12H17BrN2O2/c1-8-5-9(3-4-11(8)13)15-12(16)6-10(7-14)17-2/h3-5,10H,6-7,14H2,1-2H3,(H,15,16). The van der Waals surface area contributed by atoms with E-state index in [1.54, 1.807) is 7.11 Å². The molecule has 0 aliphatic carbocycles. The van der Waals surface area contributed by atoms with Gasteiger partial charge in [-0.2, -0.15) is 0 Å². The summed E-state index contributed by atoms with van der Waals surface area (Å²) in [5.74, 6) is -0.0935. The number of amides is 1. The zero-order valence-corrected chi connectivity index (χ0v) is 11.6. The largest absolute Gasteiger partial charge is 0.380 e. The number of benzene rings is 1. The minimum Gasteiger partial charge on any atom is -0.380 e. The van der Waals surface area contributed by atoms with E-state index in [4.69, 9.17) is 10.5 Å². The second kappa shape index (κ2) is 6.74. The summed E-state index contributed by atoms with van der Waals surface area (Å²) in [5, 5.41) is 2.81. The highest BCUT2D eigenvalue weighted by atomic mass is 79.9. The van der Waals surface area contributed by atoms with Crippen molar-refractivity contribution in [2.24, 2.45) is 5.73 Å². The minimum absolute atomic E-state index is 0.0935. The Morgan fingerprint density at radius 2 is 2.29 bits per heavy atom. The van der Waals surface area contributed by atoms with E-state index < -0.39 is 0 Å². The predicted octanol–water partition coefficient (Wildman–Crippen LogP) is 2.06. The van der Waals surface area contributed by atoms with E-state index in [9.17, 15) is 4.79 Å².